The second-order valence-electron chi connectivity index (χ2n) is 3.99. The fourth-order valence-corrected chi connectivity index (χ4v) is 1.15. The second kappa shape index (κ2) is 6.72. The maximum Gasteiger partial charge on any atom is 0.326 e. The summed E-state index contributed by atoms with van der Waals surface area (Å²) in [5.41, 5.74) is 0. The topological polar surface area (TPSA) is 78.4 Å². The number of carbonyl (C=O) groups excluding carboxylic acids is 1. The Bertz CT molecular complexity index is 294. The van der Waals surface area contributed by atoms with Crippen molar-refractivity contribution in [3.05, 3.63) is 0 Å². The molecule has 0 saturated heterocycles. The van der Waals surface area contributed by atoms with Crippen molar-refractivity contribution in [1.29, 1.82) is 0 Å². The minimum atomic E-state index is -1.05. The molecule has 0 aromatic rings. The largest absolute Gasteiger partial charge is 0.480 e. The van der Waals surface area contributed by atoms with Crippen LogP contribution in [0.3, 0.4) is 0 Å². The Labute approximate surface area is 95.6 Å². The Morgan fingerprint density at radius 2 is 1.88 bits per heavy atom. The number of urea groups is 1. The van der Waals surface area contributed by atoms with Crippen LogP contribution >= 0.6 is 0 Å². The van der Waals surface area contributed by atoms with Crippen LogP contribution in [0.2, 0.25) is 0 Å². The van der Waals surface area contributed by atoms with Crippen molar-refractivity contribution < 1.29 is 14.7 Å². The van der Waals surface area contributed by atoms with Gasteiger partial charge in [-0.25, -0.2) is 9.59 Å². The minimum Gasteiger partial charge on any atom is -0.480 e. The van der Waals surface area contributed by atoms with E-state index in [9.17, 15) is 9.59 Å². The summed E-state index contributed by atoms with van der Waals surface area (Å²) in [6, 6.07) is -1.58. The molecule has 5 nitrogen and oxygen atoms in total. The summed E-state index contributed by atoms with van der Waals surface area (Å²) in [6.07, 6.45) is 5.50. The number of hydrogen-bond acceptors (Lipinski definition) is 2. The molecule has 0 aliphatic heterocycles. The average molecular weight is 226 g/mol. The van der Waals surface area contributed by atoms with E-state index in [2.05, 4.69) is 16.6 Å². The lowest BCUT2D eigenvalue weighted by Crippen LogP contribution is -2.50. The molecule has 0 heterocycles. The van der Waals surface area contributed by atoms with E-state index in [1.165, 1.54) is 0 Å². The van der Waals surface area contributed by atoms with Gasteiger partial charge in [-0.3, -0.25) is 0 Å². The monoisotopic (exact) mass is 226 g/mol. The number of nitrogens with one attached hydrogen (secondary N) is 2. The molecule has 3 N–H and O–H groups in total. The fraction of sp³-hybridized carbons (Fsp3) is 0.636. The Morgan fingerprint density at radius 1 is 1.31 bits per heavy atom. The number of hydrogen-bond donors (Lipinski definition) is 3. The highest BCUT2D eigenvalue weighted by molar-refractivity contribution is 5.82. The van der Waals surface area contributed by atoms with Crippen molar-refractivity contribution in [3.8, 4) is 12.3 Å². The van der Waals surface area contributed by atoms with Gasteiger partial charge in [-0.2, -0.15) is 0 Å². The Hall–Kier alpha value is -1.70. The maximum atomic E-state index is 11.4. The highest BCUT2D eigenvalue weighted by Crippen LogP contribution is 2.01. The summed E-state index contributed by atoms with van der Waals surface area (Å²) < 4.78 is 0. The first-order valence-electron chi connectivity index (χ1n) is 5.11. The first-order valence-corrected chi connectivity index (χ1v) is 5.11. The van der Waals surface area contributed by atoms with Crippen LogP contribution < -0.4 is 10.6 Å². The molecule has 1 unspecified atom stereocenters. The molecule has 0 rings (SSSR count). The van der Waals surface area contributed by atoms with Crippen molar-refractivity contribution in [2.45, 2.75) is 39.3 Å². The summed E-state index contributed by atoms with van der Waals surface area (Å²) in [4.78, 5) is 22.2. The maximum absolute atomic E-state index is 11.4. The van der Waals surface area contributed by atoms with Gasteiger partial charge in [0.15, 0.2) is 0 Å². The van der Waals surface area contributed by atoms with Gasteiger partial charge in [-0.05, 0) is 12.8 Å². The standard InChI is InChI=1S/C11H18N2O3/c1-5-6-8(4)12-11(16)13-9(7(2)3)10(14)15/h1,7-9H,6H2,2-4H3,(H,14,15)(H2,12,13,16)/t8?,9-/m1/s1. The van der Waals surface area contributed by atoms with Crippen LogP contribution in [-0.2, 0) is 4.79 Å². The number of amides is 2. The molecule has 0 aliphatic carbocycles. The van der Waals surface area contributed by atoms with Gasteiger partial charge in [0.05, 0.1) is 0 Å². The number of rotatable bonds is 5. The predicted molar refractivity (Wildman–Crippen MR) is 60.8 cm³/mol. The van der Waals surface area contributed by atoms with E-state index in [-0.39, 0.29) is 12.0 Å². The number of carboxylic acid groups (broad SMARTS) is 1. The predicted octanol–water partition coefficient (Wildman–Crippen LogP) is 0.807. The Kier molecular flexibility index (Phi) is 6.01. The summed E-state index contributed by atoms with van der Waals surface area (Å²) in [5.74, 6) is 1.19. The first kappa shape index (κ1) is 14.3. The third-order valence-electron chi connectivity index (χ3n) is 2.02. The molecule has 0 spiro atoms. The molecule has 90 valence electrons. The van der Waals surface area contributed by atoms with Crippen LogP contribution in [0, 0.1) is 18.3 Å². The zero-order valence-corrected chi connectivity index (χ0v) is 9.78. The van der Waals surface area contributed by atoms with Gasteiger partial charge in [0.1, 0.15) is 6.04 Å². The third kappa shape index (κ3) is 5.25. The Morgan fingerprint density at radius 3 is 2.25 bits per heavy atom. The lowest BCUT2D eigenvalue weighted by atomic mass is 10.1. The van der Waals surface area contributed by atoms with E-state index >= 15 is 0 Å². The van der Waals surface area contributed by atoms with Gasteiger partial charge < -0.3 is 15.7 Å². The number of aliphatic carboxylic acids is 1. The van der Waals surface area contributed by atoms with Crippen LogP contribution in [0.25, 0.3) is 0 Å². The highest BCUT2D eigenvalue weighted by atomic mass is 16.4. The molecule has 0 fully saturated rings. The number of carbonyl (C=O) groups is 2. The van der Waals surface area contributed by atoms with Crippen molar-refractivity contribution in [2.75, 3.05) is 0 Å². The number of terminal acetylenes is 1. The lowest BCUT2D eigenvalue weighted by molar-refractivity contribution is -0.140. The van der Waals surface area contributed by atoms with Crippen LogP contribution in [0.5, 0.6) is 0 Å². The van der Waals surface area contributed by atoms with E-state index in [1.54, 1.807) is 20.8 Å². The van der Waals surface area contributed by atoms with Crippen molar-refractivity contribution in [1.82, 2.24) is 10.6 Å². The zero-order chi connectivity index (χ0) is 12.7. The van der Waals surface area contributed by atoms with E-state index < -0.39 is 18.0 Å². The molecule has 2 atom stereocenters. The molecule has 0 saturated carbocycles. The van der Waals surface area contributed by atoms with Gasteiger partial charge in [-0.15, -0.1) is 12.3 Å². The molecule has 0 aromatic carbocycles. The molecule has 0 radical (unpaired) electrons. The lowest BCUT2D eigenvalue weighted by Gasteiger charge is -2.19. The zero-order valence-electron chi connectivity index (χ0n) is 9.78. The summed E-state index contributed by atoms with van der Waals surface area (Å²) >= 11 is 0. The normalized spacial score (nSPS) is 13.7. The molecule has 0 aliphatic rings. The van der Waals surface area contributed by atoms with Crippen LogP contribution in [0.1, 0.15) is 27.2 Å². The van der Waals surface area contributed by atoms with Crippen molar-refractivity contribution >= 4 is 12.0 Å². The van der Waals surface area contributed by atoms with Gasteiger partial charge in [0.25, 0.3) is 0 Å². The van der Waals surface area contributed by atoms with Crippen molar-refractivity contribution in [2.24, 2.45) is 5.92 Å². The molecule has 16 heavy (non-hydrogen) atoms. The van der Waals surface area contributed by atoms with E-state index in [0.29, 0.717) is 6.42 Å². The van der Waals surface area contributed by atoms with Crippen LogP contribution in [-0.4, -0.2) is 29.2 Å². The minimum absolute atomic E-state index is 0.174. The molecular weight excluding hydrogens is 208 g/mol. The molecule has 2 amide bonds. The smallest absolute Gasteiger partial charge is 0.326 e. The van der Waals surface area contributed by atoms with Gasteiger partial charge >= 0.3 is 12.0 Å². The average Bonchev–Trinajstić information content (AvgIpc) is 2.13. The van der Waals surface area contributed by atoms with Gasteiger partial charge in [0, 0.05) is 12.5 Å². The molecule has 5 heteroatoms. The van der Waals surface area contributed by atoms with E-state index in [0.717, 1.165) is 0 Å². The van der Waals surface area contributed by atoms with Gasteiger partial charge in [-0.1, -0.05) is 13.8 Å². The Balaban J connectivity index is 4.22. The van der Waals surface area contributed by atoms with Crippen LogP contribution in [0.15, 0.2) is 0 Å². The summed E-state index contributed by atoms with van der Waals surface area (Å²) in [7, 11) is 0. The first-order chi connectivity index (χ1) is 7.38. The molecule has 0 aromatic heterocycles. The van der Waals surface area contributed by atoms with Gasteiger partial charge in [0.2, 0.25) is 0 Å². The number of carboxylic acids is 1. The van der Waals surface area contributed by atoms with Crippen LogP contribution in [0.4, 0.5) is 4.79 Å². The van der Waals surface area contributed by atoms with E-state index in [4.69, 9.17) is 11.5 Å². The summed E-state index contributed by atoms with van der Waals surface area (Å²) in [6.45, 7) is 5.21. The summed E-state index contributed by atoms with van der Waals surface area (Å²) in [5, 5.41) is 13.8. The SMILES string of the molecule is C#CCC(C)NC(=O)N[C@@H](C(=O)O)C(C)C. The molecule has 0 bridgehead atoms. The van der Waals surface area contributed by atoms with Crippen molar-refractivity contribution in [3.63, 3.8) is 0 Å². The second-order valence-corrected chi connectivity index (χ2v) is 3.99. The quantitative estimate of drug-likeness (QED) is 0.607. The highest BCUT2D eigenvalue weighted by Gasteiger charge is 2.23. The van der Waals surface area contributed by atoms with E-state index in [1.807, 2.05) is 0 Å². The fourth-order valence-electron chi connectivity index (χ4n) is 1.15. The third-order valence-corrected chi connectivity index (χ3v) is 2.02. The molecular formula is C11H18N2O3.